The van der Waals surface area contributed by atoms with Gasteiger partial charge in [0.05, 0.1) is 5.01 Å². The van der Waals surface area contributed by atoms with E-state index in [1.54, 1.807) is 0 Å². The summed E-state index contributed by atoms with van der Waals surface area (Å²) in [5, 5.41) is 2.77. The van der Waals surface area contributed by atoms with Crippen molar-refractivity contribution in [2.45, 2.75) is 26.8 Å². The Balaban J connectivity index is 2.13. The lowest BCUT2D eigenvalue weighted by molar-refractivity contribution is 0.0738. The second-order valence-electron chi connectivity index (χ2n) is 4.46. The smallest absolute Gasteiger partial charge is 0.273 e. The second kappa shape index (κ2) is 6.48. The highest BCUT2D eigenvalue weighted by molar-refractivity contribution is 7.09. The third kappa shape index (κ3) is 3.64. The predicted molar refractivity (Wildman–Crippen MR) is 78.3 cm³/mol. The number of benzene rings is 1. The van der Waals surface area contributed by atoms with E-state index >= 15 is 0 Å². The predicted octanol–water partition coefficient (Wildman–Crippen LogP) is 3.50. The van der Waals surface area contributed by atoms with Crippen molar-refractivity contribution in [1.82, 2.24) is 9.88 Å². The molecule has 0 radical (unpaired) electrons. The van der Waals surface area contributed by atoms with Gasteiger partial charge in [-0.25, -0.2) is 4.98 Å². The van der Waals surface area contributed by atoms with E-state index in [1.807, 2.05) is 47.5 Å². The van der Waals surface area contributed by atoms with Crippen molar-refractivity contribution in [2.75, 3.05) is 6.54 Å². The molecule has 19 heavy (non-hydrogen) atoms. The Kier molecular flexibility index (Phi) is 4.68. The van der Waals surface area contributed by atoms with E-state index < -0.39 is 0 Å². The van der Waals surface area contributed by atoms with Gasteiger partial charge in [-0.2, -0.15) is 0 Å². The van der Waals surface area contributed by atoms with Crippen LogP contribution in [0.15, 0.2) is 35.7 Å². The number of hydrogen-bond donors (Lipinski definition) is 0. The van der Waals surface area contributed by atoms with Gasteiger partial charge in [0.25, 0.3) is 5.91 Å². The summed E-state index contributed by atoms with van der Waals surface area (Å²) in [5.74, 6) is 0.0232. The largest absolute Gasteiger partial charge is 0.333 e. The van der Waals surface area contributed by atoms with Crippen molar-refractivity contribution >= 4 is 17.2 Å². The van der Waals surface area contributed by atoms with Gasteiger partial charge in [-0.3, -0.25) is 4.79 Å². The molecule has 100 valence electrons. The normalized spacial score (nSPS) is 10.4. The fraction of sp³-hybridized carbons (Fsp3) is 0.333. The van der Waals surface area contributed by atoms with Gasteiger partial charge in [0.15, 0.2) is 0 Å². The zero-order valence-corrected chi connectivity index (χ0v) is 12.1. The van der Waals surface area contributed by atoms with Crippen LogP contribution in [0.4, 0.5) is 0 Å². The second-order valence-corrected chi connectivity index (χ2v) is 5.53. The van der Waals surface area contributed by atoms with Gasteiger partial charge in [0, 0.05) is 18.5 Å². The molecule has 0 atom stereocenters. The average Bonchev–Trinajstić information content (AvgIpc) is 2.85. The van der Waals surface area contributed by atoms with Crippen molar-refractivity contribution in [2.24, 2.45) is 0 Å². The molecule has 0 aliphatic rings. The first kappa shape index (κ1) is 13.7. The highest BCUT2D eigenvalue weighted by Crippen LogP contribution is 2.13. The van der Waals surface area contributed by atoms with Crippen LogP contribution >= 0.6 is 11.3 Å². The molecule has 0 unspecified atom stereocenters. The molecule has 2 rings (SSSR count). The average molecular weight is 274 g/mol. The molecule has 4 heteroatoms. The summed E-state index contributed by atoms with van der Waals surface area (Å²) >= 11 is 1.52. The minimum Gasteiger partial charge on any atom is -0.333 e. The zero-order valence-electron chi connectivity index (χ0n) is 11.3. The lowest BCUT2D eigenvalue weighted by Crippen LogP contribution is -2.31. The van der Waals surface area contributed by atoms with Gasteiger partial charge in [-0.15, -0.1) is 11.3 Å². The van der Waals surface area contributed by atoms with Crippen LogP contribution in [0.2, 0.25) is 0 Å². The van der Waals surface area contributed by atoms with E-state index in [4.69, 9.17) is 0 Å². The van der Waals surface area contributed by atoms with Crippen molar-refractivity contribution in [3.63, 3.8) is 0 Å². The Morgan fingerprint density at radius 1 is 1.32 bits per heavy atom. The number of nitrogens with zero attached hydrogens (tertiary/aromatic N) is 2. The first-order valence-electron chi connectivity index (χ1n) is 6.46. The van der Waals surface area contributed by atoms with Gasteiger partial charge in [0.1, 0.15) is 5.69 Å². The first-order valence-corrected chi connectivity index (χ1v) is 7.34. The molecule has 1 aromatic heterocycles. The lowest BCUT2D eigenvalue weighted by Gasteiger charge is -2.21. The summed E-state index contributed by atoms with van der Waals surface area (Å²) in [6.45, 7) is 5.40. The minimum absolute atomic E-state index is 0.0232. The molecule has 1 aromatic carbocycles. The number of rotatable bonds is 5. The third-order valence-corrected chi connectivity index (χ3v) is 3.61. The number of carbonyl (C=O) groups excluding carboxylic acids is 1. The maximum absolute atomic E-state index is 12.4. The summed E-state index contributed by atoms with van der Waals surface area (Å²) in [7, 11) is 0. The first-order chi connectivity index (χ1) is 9.20. The van der Waals surface area contributed by atoms with Crippen molar-refractivity contribution < 1.29 is 4.79 Å². The molecule has 0 aliphatic heterocycles. The van der Waals surface area contributed by atoms with E-state index in [0.29, 0.717) is 12.2 Å². The third-order valence-electron chi connectivity index (χ3n) is 2.84. The number of aryl methyl sites for hydroxylation is 1. The molecule has 0 saturated carbocycles. The summed E-state index contributed by atoms with van der Waals surface area (Å²) in [5.41, 5.74) is 1.71. The van der Waals surface area contributed by atoms with Crippen LogP contribution in [0.1, 0.15) is 34.4 Å². The molecule has 0 fully saturated rings. The lowest BCUT2D eigenvalue weighted by atomic mass is 10.2. The van der Waals surface area contributed by atoms with Crippen LogP contribution in [-0.4, -0.2) is 22.3 Å². The van der Waals surface area contributed by atoms with Crippen LogP contribution < -0.4 is 0 Å². The molecule has 3 nitrogen and oxygen atoms in total. The van der Waals surface area contributed by atoms with Gasteiger partial charge in [-0.05, 0) is 18.9 Å². The Bertz CT molecular complexity index is 536. The van der Waals surface area contributed by atoms with E-state index in [9.17, 15) is 4.79 Å². The molecule has 0 spiro atoms. The molecule has 1 amide bonds. The topological polar surface area (TPSA) is 33.2 Å². The number of aromatic nitrogens is 1. The number of carbonyl (C=O) groups is 1. The zero-order chi connectivity index (χ0) is 13.7. The highest BCUT2D eigenvalue weighted by Gasteiger charge is 2.17. The van der Waals surface area contributed by atoms with Crippen molar-refractivity contribution in [3.8, 4) is 0 Å². The Hall–Kier alpha value is -1.68. The molecular formula is C15H18N2OS. The maximum atomic E-state index is 12.4. The van der Waals surface area contributed by atoms with Crippen LogP contribution in [0.5, 0.6) is 0 Å². The fourth-order valence-corrected chi connectivity index (χ4v) is 2.54. The van der Waals surface area contributed by atoms with Gasteiger partial charge in [-0.1, -0.05) is 37.3 Å². The summed E-state index contributed by atoms with van der Waals surface area (Å²) in [4.78, 5) is 18.6. The van der Waals surface area contributed by atoms with E-state index in [1.165, 1.54) is 11.3 Å². The summed E-state index contributed by atoms with van der Waals surface area (Å²) < 4.78 is 0. The standard InChI is InChI=1S/C15H18N2OS/c1-3-9-17(10-13-7-5-4-6-8-13)15(18)14-11-19-12(2)16-14/h4-8,11H,3,9-10H2,1-2H3. The van der Waals surface area contributed by atoms with Crippen molar-refractivity contribution in [3.05, 3.63) is 52.0 Å². The Labute approximate surface area is 117 Å². The summed E-state index contributed by atoms with van der Waals surface area (Å²) in [6, 6.07) is 10.1. The molecule has 2 aromatic rings. The van der Waals surface area contributed by atoms with Crippen LogP contribution in [-0.2, 0) is 6.54 Å². The van der Waals surface area contributed by atoms with Crippen LogP contribution in [0, 0.1) is 6.92 Å². The van der Waals surface area contributed by atoms with Crippen LogP contribution in [0.25, 0.3) is 0 Å². The Morgan fingerprint density at radius 2 is 2.05 bits per heavy atom. The highest BCUT2D eigenvalue weighted by atomic mass is 32.1. The monoisotopic (exact) mass is 274 g/mol. The van der Waals surface area contributed by atoms with E-state index in [-0.39, 0.29) is 5.91 Å². The number of thiazole rings is 1. The molecule has 1 heterocycles. The quantitative estimate of drug-likeness (QED) is 0.836. The van der Waals surface area contributed by atoms with Gasteiger partial charge >= 0.3 is 0 Å². The molecule has 0 N–H and O–H groups in total. The molecule has 0 bridgehead atoms. The number of amides is 1. The van der Waals surface area contributed by atoms with Gasteiger partial charge < -0.3 is 4.90 Å². The minimum atomic E-state index is 0.0232. The molecule has 0 saturated heterocycles. The van der Waals surface area contributed by atoms with Crippen LogP contribution in [0.3, 0.4) is 0 Å². The SMILES string of the molecule is CCCN(Cc1ccccc1)C(=O)c1csc(C)n1. The molecule has 0 aliphatic carbocycles. The Morgan fingerprint density at radius 3 is 2.63 bits per heavy atom. The van der Waals surface area contributed by atoms with Crippen molar-refractivity contribution in [1.29, 1.82) is 0 Å². The van der Waals surface area contributed by atoms with E-state index in [2.05, 4.69) is 11.9 Å². The van der Waals surface area contributed by atoms with Gasteiger partial charge in [0.2, 0.25) is 0 Å². The fourth-order valence-electron chi connectivity index (χ4n) is 1.95. The van der Waals surface area contributed by atoms with E-state index in [0.717, 1.165) is 23.5 Å². The number of hydrogen-bond acceptors (Lipinski definition) is 3. The maximum Gasteiger partial charge on any atom is 0.273 e. The molecular weight excluding hydrogens is 256 g/mol. The summed E-state index contributed by atoms with van der Waals surface area (Å²) in [6.07, 6.45) is 0.946.